The molecule has 1 aromatic carbocycles. The molecule has 1 saturated carbocycles. The van der Waals surface area contributed by atoms with E-state index in [1.807, 2.05) is 0 Å². The molecule has 0 amide bonds. The number of fused-ring (bicyclic) bond motifs is 1. The number of rotatable bonds is 3. The lowest BCUT2D eigenvalue weighted by molar-refractivity contribution is -0.108. The summed E-state index contributed by atoms with van der Waals surface area (Å²) >= 11 is 5.98. The molecule has 1 aliphatic carbocycles. The van der Waals surface area contributed by atoms with Crippen LogP contribution >= 0.6 is 11.6 Å². The molecule has 3 rings (SSSR count). The second-order valence-electron chi connectivity index (χ2n) is 4.50. The predicted octanol–water partition coefficient (Wildman–Crippen LogP) is 2.13. The zero-order chi connectivity index (χ0) is 12.7. The summed E-state index contributed by atoms with van der Waals surface area (Å²) in [4.78, 5) is 22.7. The van der Waals surface area contributed by atoms with Gasteiger partial charge in [0.05, 0.1) is 11.1 Å². The van der Waals surface area contributed by atoms with Gasteiger partial charge in [0, 0.05) is 16.3 Å². The fraction of sp³-hybridized carbons (Fsp3) is 0.308. The Morgan fingerprint density at radius 3 is 2.83 bits per heavy atom. The van der Waals surface area contributed by atoms with Gasteiger partial charge in [0.15, 0.2) is 0 Å². The summed E-state index contributed by atoms with van der Waals surface area (Å²) in [6.45, 7) is -0.00286. The summed E-state index contributed by atoms with van der Waals surface area (Å²) < 4.78 is 1.23. The zero-order valence-electron chi connectivity index (χ0n) is 9.60. The highest BCUT2D eigenvalue weighted by molar-refractivity contribution is 6.31. The van der Waals surface area contributed by atoms with Gasteiger partial charge in [-0.3, -0.25) is 4.79 Å². The summed E-state index contributed by atoms with van der Waals surface area (Å²) in [6.07, 6.45) is 2.84. The van der Waals surface area contributed by atoms with Crippen LogP contribution in [-0.4, -0.2) is 16.1 Å². The van der Waals surface area contributed by atoms with Crippen molar-refractivity contribution in [3.63, 3.8) is 0 Å². The van der Waals surface area contributed by atoms with Crippen LogP contribution < -0.4 is 5.56 Å². The van der Waals surface area contributed by atoms with E-state index in [-0.39, 0.29) is 12.1 Å². The minimum Gasteiger partial charge on any atom is -0.301 e. The summed E-state index contributed by atoms with van der Waals surface area (Å²) in [5, 5.41) is 6.30. The molecule has 5 heteroatoms. The van der Waals surface area contributed by atoms with Gasteiger partial charge in [-0.15, -0.1) is 0 Å². The van der Waals surface area contributed by atoms with Crippen molar-refractivity contribution in [2.75, 3.05) is 0 Å². The van der Waals surface area contributed by atoms with Crippen molar-refractivity contribution in [1.82, 2.24) is 9.78 Å². The lowest BCUT2D eigenvalue weighted by Gasteiger charge is -2.08. The third kappa shape index (κ3) is 1.82. The van der Waals surface area contributed by atoms with Crippen molar-refractivity contribution in [2.45, 2.75) is 25.3 Å². The maximum absolute atomic E-state index is 12.1. The third-order valence-electron chi connectivity index (χ3n) is 3.16. The Kier molecular flexibility index (Phi) is 2.67. The molecular formula is C13H11ClN2O2. The number of benzene rings is 1. The van der Waals surface area contributed by atoms with Crippen LogP contribution in [0.15, 0.2) is 23.0 Å². The normalized spacial score (nSPS) is 14.9. The van der Waals surface area contributed by atoms with E-state index in [1.165, 1.54) is 4.68 Å². The van der Waals surface area contributed by atoms with Crippen LogP contribution in [0.4, 0.5) is 0 Å². The number of nitrogens with zero attached hydrogens (tertiary/aromatic N) is 2. The first-order chi connectivity index (χ1) is 8.70. The molecule has 0 atom stereocenters. The molecule has 2 aromatic rings. The van der Waals surface area contributed by atoms with Crippen LogP contribution in [0.1, 0.15) is 24.5 Å². The van der Waals surface area contributed by atoms with Crippen LogP contribution in [0, 0.1) is 0 Å². The highest BCUT2D eigenvalue weighted by atomic mass is 35.5. The number of halogens is 1. The number of carbonyl (C=O) groups excluding carboxylic acids is 1. The van der Waals surface area contributed by atoms with Gasteiger partial charge in [0.25, 0.3) is 5.56 Å². The van der Waals surface area contributed by atoms with Gasteiger partial charge in [-0.25, -0.2) is 4.68 Å². The number of carbonyl (C=O) groups is 1. The molecule has 0 saturated heterocycles. The molecule has 0 unspecified atom stereocenters. The average molecular weight is 263 g/mol. The van der Waals surface area contributed by atoms with E-state index in [1.54, 1.807) is 18.2 Å². The van der Waals surface area contributed by atoms with Crippen LogP contribution in [0.5, 0.6) is 0 Å². The first-order valence-electron chi connectivity index (χ1n) is 5.84. The Labute approximate surface area is 108 Å². The molecule has 1 fully saturated rings. The quantitative estimate of drug-likeness (QED) is 0.796. The maximum Gasteiger partial charge on any atom is 0.275 e. The van der Waals surface area contributed by atoms with Crippen LogP contribution in [0.3, 0.4) is 0 Å². The fourth-order valence-electron chi connectivity index (χ4n) is 2.14. The van der Waals surface area contributed by atoms with Gasteiger partial charge in [-0.2, -0.15) is 5.10 Å². The molecule has 0 spiro atoms. The summed E-state index contributed by atoms with van der Waals surface area (Å²) in [7, 11) is 0. The molecule has 1 aliphatic rings. The van der Waals surface area contributed by atoms with Gasteiger partial charge in [-0.1, -0.05) is 11.6 Å². The second-order valence-corrected chi connectivity index (χ2v) is 4.94. The van der Waals surface area contributed by atoms with Gasteiger partial charge in [0.1, 0.15) is 12.8 Å². The highest BCUT2D eigenvalue weighted by Crippen LogP contribution is 2.41. The van der Waals surface area contributed by atoms with E-state index in [4.69, 9.17) is 11.6 Å². The molecule has 0 N–H and O–H groups in total. The smallest absolute Gasteiger partial charge is 0.275 e. The SMILES string of the molecule is O=CCn1nc(C2CC2)c2cc(Cl)ccc2c1=O. The van der Waals surface area contributed by atoms with Gasteiger partial charge < -0.3 is 4.79 Å². The van der Waals surface area contributed by atoms with Crippen molar-refractivity contribution >= 4 is 28.7 Å². The molecule has 0 aliphatic heterocycles. The maximum atomic E-state index is 12.1. The fourth-order valence-corrected chi connectivity index (χ4v) is 2.31. The van der Waals surface area contributed by atoms with Crippen LogP contribution in [0.2, 0.25) is 5.02 Å². The zero-order valence-corrected chi connectivity index (χ0v) is 10.4. The largest absolute Gasteiger partial charge is 0.301 e. The molecule has 1 heterocycles. The van der Waals surface area contributed by atoms with E-state index >= 15 is 0 Å². The van der Waals surface area contributed by atoms with Crippen molar-refractivity contribution in [3.05, 3.63) is 39.3 Å². The molecule has 4 nitrogen and oxygen atoms in total. The van der Waals surface area contributed by atoms with E-state index in [2.05, 4.69) is 5.10 Å². The monoisotopic (exact) mass is 262 g/mol. The van der Waals surface area contributed by atoms with Crippen LogP contribution in [0.25, 0.3) is 10.8 Å². The molecule has 18 heavy (non-hydrogen) atoms. The molecule has 0 radical (unpaired) electrons. The number of hydrogen-bond donors (Lipinski definition) is 0. The Morgan fingerprint density at radius 2 is 2.17 bits per heavy atom. The molecule has 92 valence electrons. The lowest BCUT2D eigenvalue weighted by atomic mass is 10.1. The van der Waals surface area contributed by atoms with Gasteiger partial charge in [0.2, 0.25) is 0 Å². The van der Waals surface area contributed by atoms with E-state index in [0.29, 0.717) is 22.6 Å². The molecule has 1 aromatic heterocycles. The lowest BCUT2D eigenvalue weighted by Crippen LogP contribution is -2.25. The first kappa shape index (κ1) is 11.4. The Balaban J connectivity index is 2.35. The summed E-state index contributed by atoms with van der Waals surface area (Å²) in [5.74, 6) is 0.393. The minimum atomic E-state index is -0.238. The first-order valence-corrected chi connectivity index (χ1v) is 6.22. The van der Waals surface area contributed by atoms with E-state index in [9.17, 15) is 9.59 Å². The standard InChI is InChI=1S/C13H11ClN2O2/c14-9-3-4-10-11(7-9)12(8-1-2-8)15-16(5-6-17)13(10)18/h3-4,6-8H,1-2,5H2. The Bertz CT molecular complexity index is 689. The molecular weight excluding hydrogens is 252 g/mol. The summed E-state index contributed by atoms with van der Waals surface area (Å²) in [6, 6.07) is 5.17. The topological polar surface area (TPSA) is 52.0 Å². The van der Waals surface area contributed by atoms with Crippen molar-refractivity contribution < 1.29 is 4.79 Å². The Hall–Kier alpha value is -1.68. The van der Waals surface area contributed by atoms with E-state index in [0.717, 1.165) is 23.9 Å². The Morgan fingerprint density at radius 1 is 1.39 bits per heavy atom. The number of aromatic nitrogens is 2. The van der Waals surface area contributed by atoms with Gasteiger partial charge >= 0.3 is 0 Å². The average Bonchev–Trinajstić information content (AvgIpc) is 3.17. The van der Waals surface area contributed by atoms with Crippen LogP contribution in [-0.2, 0) is 11.3 Å². The number of hydrogen-bond acceptors (Lipinski definition) is 3. The third-order valence-corrected chi connectivity index (χ3v) is 3.40. The number of aldehydes is 1. The van der Waals surface area contributed by atoms with Gasteiger partial charge in [-0.05, 0) is 31.0 Å². The minimum absolute atomic E-state index is 0.00286. The molecule has 0 bridgehead atoms. The predicted molar refractivity (Wildman–Crippen MR) is 69.1 cm³/mol. The summed E-state index contributed by atoms with van der Waals surface area (Å²) in [5.41, 5.74) is 0.645. The van der Waals surface area contributed by atoms with Crippen molar-refractivity contribution in [3.8, 4) is 0 Å². The second kappa shape index (κ2) is 4.21. The van der Waals surface area contributed by atoms with Crippen molar-refractivity contribution in [1.29, 1.82) is 0 Å². The highest BCUT2D eigenvalue weighted by Gasteiger charge is 2.28. The van der Waals surface area contributed by atoms with E-state index < -0.39 is 0 Å². The van der Waals surface area contributed by atoms with Crippen molar-refractivity contribution in [2.24, 2.45) is 0 Å².